The van der Waals surface area contributed by atoms with Crippen LogP contribution in [-0.4, -0.2) is 32.8 Å². The van der Waals surface area contributed by atoms with Crippen LogP contribution < -0.4 is 15.0 Å². The van der Waals surface area contributed by atoms with E-state index in [2.05, 4.69) is 16.3 Å². The van der Waals surface area contributed by atoms with Gasteiger partial charge in [0.05, 0.1) is 17.9 Å². The third-order valence-electron chi connectivity index (χ3n) is 2.86. The zero-order valence-corrected chi connectivity index (χ0v) is 10.1. The molecule has 1 aromatic rings. The highest BCUT2D eigenvalue weighted by molar-refractivity contribution is 5.62. The lowest BCUT2D eigenvalue weighted by atomic mass is 10.1. The molecule has 0 radical (unpaired) electrons. The molecule has 0 amide bonds. The Kier molecular flexibility index (Phi) is 3.84. The van der Waals surface area contributed by atoms with Crippen molar-refractivity contribution in [3.05, 3.63) is 23.8 Å². The number of ether oxygens (including phenoxy) is 1. The highest BCUT2D eigenvalue weighted by atomic mass is 16.5. The molecule has 1 aliphatic heterocycles. The van der Waals surface area contributed by atoms with E-state index in [9.17, 15) is 0 Å². The van der Waals surface area contributed by atoms with Crippen LogP contribution in [0.2, 0.25) is 0 Å². The third-order valence-corrected chi connectivity index (χ3v) is 2.86. The van der Waals surface area contributed by atoms with Gasteiger partial charge < -0.3 is 15.0 Å². The quantitative estimate of drug-likeness (QED) is 0.853. The minimum atomic E-state index is 0.646. The summed E-state index contributed by atoms with van der Waals surface area (Å²) in [5.74, 6) is 0.833. The summed E-state index contributed by atoms with van der Waals surface area (Å²) in [6.07, 6.45) is 0. The van der Waals surface area contributed by atoms with Crippen LogP contribution in [0.15, 0.2) is 18.2 Å². The van der Waals surface area contributed by atoms with Crippen LogP contribution in [0.25, 0.3) is 0 Å². The van der Waals surface area contributed by atoms with Crippen LogP contribution in [0.4, 0.5) is 5.69 Å². The van der Waals surface area contributed by atoms with E-state index in [1.807, 2.05) is 25.1 Å². The summed E-state index contributed by atoms with van der Waals surface area (Å²) in [7, 11) is 0. The molecule has 0 aliphatic carbocycles. The molecule has 4 heteroatoms. The zero-order valence-electron chi connectivity index (χ0n) is 10.1. The van der Waals surface area contributed by atoms with Crippen LogP contribution in [0, 0.1) is 11.3 Å². The lowest BCUT2D eigenvalue weighted by molar-refractivity contribution is 0.340. The van der Waals surface area contributed by atoms with Gasteiger partial charge in [-0.15, -0.1) is 0 Å². The standard InChI is InChI=1S/C13H17N3O/c1-2-17-12-4-3-11(10-14)13(9-12)16-7-5-15-6-8-16/h3-4,9,15H,2,5-8H2,1H3. The molecule has 1 saturated heterocycles. The maximum atomic E-state index is 9.14. The Balaban J connectivity index is 2.28. The maximum absolute atomic E-state index is 9.14. The first-order valence-electron chi connectivity index (χ1n) is 5.97. The second-order valence-corrected chi connectivity index (χ2v) is 3.96. The normalized spacial score (nSPS) is 15.4. The van der Waals surface area contributed by atoms with E-state index in [4.69, 9.17) is 10.00 Å². The molecular formula is C13H17N3O. The number of nitriles is 1. The molecule has 0 unspecified atom stereocenters. The molecule has 4 nitrogen and oxygen atoms in total. The Labute approximate surface area is 102 Å². The van der Waals surface area contributed by atoms with Gasteiger partial charge in [-0.2, -0.15) is 5.26 Å². The minimum absolute atomic E-state index is 0.646. The van der Waals surface area contributed by atoms with E-state index in [-0.39, 0.29) is 0 Å². The molecule has 1 N–H and O–H groups in total. The molecule has 0 bridgehead atoms. The maximum Gasteiger partial charge on any atom is 0.121 e. The van der Waals surface area contributed by atoms with Crippen LogP contribution in [0.5, 0.6) is 5.75 Å². The first-order valence-corrected chi connectivity index (χ1v) is 5.97. The number of rotatable bonds is 3. The van der Waals surface area contributed by atoms with Crippen LogP contribution in [0.3, 0.4) is 0 Å². The largest absolute Gasteiger partial charge is 0.494 e. The molecule has 1 heterocycles. The first kappa shape index (κ1) is 11.7. The van der Waals surface area contributed by atoms with Crippen molar-refractivity contribution in [2.45, 2.75) is 6.92 Å². The fourth-order valence-corrected chi connectivity index (χ4v) is 2.03. The van der Waals surface area contributed by atoms with Crippen molar-refractivity contribution in [3.8, 4) is 11.8 Å². The van der Waals surface area contributed by atoms with Gasteiger partial charge in [-0.3, -0.25) is 0 Å². The summed E-state index contributed by atoms with van der Waals surface area (Å²) in [6, 6.07) is 7.90. The van der Waals surface area contributed by atoms with Crippen molar-refractivity contribution in [1.82, 2.24) is 5.32 Å². The summed E-state index contributed by atoms with van der Waals surface area (Å²) in [4.78, 5) is 2.23. The zero-order chi connectivity index (χ0) is 12.1. The molecule has 0 saturated carbocycles. The molecule has 17 heavy (non-hydrogen) atoms. The molecule has 0 spiro atoms. The van der Waals surface area contributed by atoms with Gasteiger partial charge >= 0.3 is 0 Å². The van der Waals surface area contributed by atoms with E-state index < -0.39 is 0 Å². The summed E-state index contributed by atoms with van der Waals surface area (Å²) in [5.41, 5.74) is 1.70. The summed E-state index contributed by atoms with van der Waals surface area (Å²) < 4.78 is 5.49. The number of nitrogens with zero attached hydrogens (tertiary/aromatic N) is 2. The van der Waals surface area contributed by atoms with Gasteiger partial charge in [0.15, 0.2) is 0 Å². The summed E-state index contributed by atoms with van der Waals surface area (Å²) in [5, 5.41) is 12.4. The summed E-state index contributed by atoms with van der Waals surface area (Å²) >= 11 is 0. The number of anilines is 1. The highest BCUT2D eigenvalue weighted by Gasteiger charge is 2.14. The van der Waals surface area contributed by atoms with Gasteiger partial charge in [0.2, 0.25) is 0 Å². The van der Waals surface area contributed by atoms with Gasteiger partial charge in [-0.1, -0.05) is 0 Å². The summed E-state index contributed by atoms with van der Waals surface area (Å²) in [6.45, 7) is 6.40. The number of nitrogens with one attached hydrogen (secondary N) is 1. The van der Waals surface area contributed by atoms with Crippen molar-refractivity contribution < 1.29 is 4.74 Å². The topological polar surface area (TPSA) is 48.3 Å². The number of hydrogen-bond acceptors (Lipinski definition) is 4. The van der Waals surface area contributed by atoms with E-state index in [0.717, 1.165) is 43.2 Å². The Morgan fingerprint density at radius 3 is 2.82 bits per heavy atom. The van der Waals surface area contributed by atoms with E-state index in [0.29, 0.717) is 6.61 Å². The second kappa shape index (κ2) is 5.55. The Hall–Kier alpha value is -1.73. The molecule has 0 aromatic heterocycles. The predicted molar refractivity (Wildman–Crippen MR) is 67.4 cm³/mol. The monoisotopic (exact) mass is 231 g/mol. The van der Waals surface area contributed by atoms with Gasteiger partial charge in [0.25, 0.3) is 0 Å². The molecule has 1 fully saturated rings. The molecule has 90 valence electrons. The molecule has 0 atom stereocenters. The molecule has 2 rings (SSSR count). The smallest absolute Gasteiger partial charge is 0.121 e. The van der Waals surface area contributed by atoms with Crippen molar-refractivity contribution in [2.75, 3.05) is 37.7 Å². The molecule has 1 aromatic carbocycles. The Bertz CT molecular complexity index is 419. The van der Waals surface area contributed by atoms with E-state index in [1.165, 1.54) is 0 Å². The van der Waals surface area contributed by atoms with Crippen molar-refractivity contribution >= 4 is 5.69 Å². The van der Waals surface area contributed by atoms with Crippen molar-refractivity contribution in [3.63, 3.8) is 0 Å². The van der Waals surface area contributed by atoms with Crippen molar-refractivity contribution in [2.24, 2.45) is 0 Å². The lowest BCUT2D eigenvalue weighted by Crippen LogP contribution is -2.43. The average molecular weight is 231 g/mol. The SMILES string of the molecule is CCOc1ccc(C#N)c(N2CCNCC2)c1. The van der Waals surface area contributed by atoms with Gasteiger partial charge in [-0.25, -0.2) is 0 Å². The Morgan fingerprint density at radius 2 is 2.18 bits per heavy atom. The van der Waals surface area contributed by atoms with Gasteiger partial charge in [0, 0.05) is 32.2 Å². The second-order valence-electron chi connectivity index (χ2n) is 3.96. The fourth-order valence-electron chi connectivity index (χ4n) is 2.03. The number of piperazine rings is 1. The van der Waals surface area contributed by atoms with Crippen LogP contribution in [-0.2, 0) is 0 Å². The Morgan fingerprint density at radius 1 is 1.41 bits per heavy atom. The number of benzene rings is 1. The third kappa shape index (κ3) is 2.69. The lowest BCUT2D eigenvalue weighted by Gasteiger charge is -2.30. The molecular weight excluding hydrogens is 214 g/mol. The predicted octanol–water partition coefficient (Wildman–Crippen LogP) is 1.37. The highest BCUT2D eigenvalue weighted by Crippen LogP contribution is 2.26. The average Bonchev–Trinajstić information content (AvgIpc) is 2.40. The van der Waals surface area contributed by atoms with E-state index in [1.54, 1.807) is 0 Å². The van der Waals surface area contributed by atoms with E-state index >= 15 is 0 Å². The van der Waals surface area contributed by atoms with Crippen LogP contribution >= 0.6 is 0 Å². The molecule has 1 aliphatic rings. The fraction of sp³-hybridized carbons (Fsp3) is 0.462. The van der Waals surface area contributed by atoms with Crippen LogP contribution in [0.1, 0.15) is 12.5 Å². The minimum Gasteiger partial charge on any atom is -0.494 e. The van der Waals surface area contributed by atoms with Gasteiger partial charge in [0.1, 0.15) is 11.8 Å². The van der Waals surface area contributed by atoms with Crippen molar-refractivity contribution in [1.29, 1.82) is 5.26 Å². The first-order chi connectivity index (χ1) is 8.35. The number of hydrogen-bond donors (Lipinski definition) is 1. The van der Waals surface area contributed by atoms with Gasteiger partial charge in [-0.05, 0) is 19.1 Å².